The fourth-order valence-electron chi connectivity index (χ4n) is 1.41. The Bertz CT molecular complexity index is 426. The second kappa shape index (κ2) is 4.44. The van der Waals surface area contributed by atoms with Gasteiger partial charge in [-0.3, -0.25) is 0 Å². The van der Waals surface area contributed by atoms with E-state index >= 15 is 0 Å². The van der Waals surface area contributed by atoms with E-state index in [1.165, 1.54) is 19.1 Å². The van der Waals surface area contributed by atoms with Crippen molar-refractivity contribution in [3.8, 4) is 0 Å². The number of rotatable bonds is 3. The van der Waals surface area contributed by atoms with Crippen LogP contribution in [0.1, 0.15) is 31.8 Å². The second-order valence-electron chi connectivity index (χ2n) is 3.02. The lowest BCUT2D eigenvalue weighted by Gasteiger charge is -2.09. The molecule has 1 aromatic rings. The molecule has 80 valence electrons. The number of hydrogen-bond acceptors (Lipinski definition) is 2. The molecule has 0 amide bonds. The molecule has 15 heavy (non-hydrogen) atoms. The zero-order valence-corrected chi connectivity index (χ0v) is 9.54. The van der Waals surface area contributed by atoms with Crippen molar-refractivity contribution < 1.29 is 19.8 Å². The Labute approximate surface area is 94.7 Å². The molecule has 0 aromatic heterocycles. The first-order chi connectivity index (χ1) is 6.99. The van der Waals surface area contributed by atoms with Gasteiger partial charge in [-0.1, -0.05) is 22.0 Å². The molecule has 0 bridgehead atoms. The molecule has 5 heteroatoms. The molecular weight excluding hydrogens is 264 g/mol. The molecule has 2 N–H and O–H groups in total. The smallest absolute Gasteiger partial charge is 0.336 e. The zero-order valence-electron chi connectivity index (χ0n) is 7.95. The van der Waals surface area contributed by atoms with Crippen LogP contribution in [0, 0.1) is 6.92 Å². The first-order valence-electron chi connectivity index (χ1n) is 4.14. The van der Waals surface area contributed by atoms with Crippen LogP contribution in [-0.2, 0) is 5.33 Å². The van der Waals surface area contributed by atoms with Gasteiger partial charge in [-0.05, 0) is 24.1 Å². The van der Waals surface area contributed by atoms with E-state index in [1.807, 2.05) is 0 Å². The number of hydrogen-bond donors (Lipinski definition) is 2. The summed E-state index contributed by atoms with van der Waals surface area (Å²) in [6.45, 7) is 1.50. The molecule has 0 aliphatic carbocycles. The molecular formula is C10H9BrO4. The minimum absolute atomic E-state index is 0.0251. The van der Waals surface area contributed by atoms with Crippen LogP contribution in [0.25, 0.3) is 0 Å². The SMILES string of the molecule is Cc1c(C(=O)O)ccc(CBr)c1C(=O)O. The van der Waals surface area contributed by atoms with E-state index in [0.29, 0.717) is 10.9 Å². The van der Waals surface area contributed by atoms with Crippen molar-refractivity contribution in [1.82, 2.24) is 0 Å². The first kappa shape index (κ1) is 11.7. The lowest BCUT2D eigenvalue weighted by atomic mass is 9.98. The van der Waals surface area contributed by atoms with Gasteiger partial charge in [0, 0.05) is 5.33 Å². The summed E-state index contributed by atoms with van der Waals surface area (Å²) in [7, 11) is 0. The third kappa shape index (κ3) is 2.18. The lowest BCUT2D eigenvalue weighted by molar-refractivity contribution is 0.0695. The summed E-state index contributed by atoms with van der Waals surface area (Å²) in [6, 6.07) is 2.93. The molecule has 0 atom stereocenters. The van der Waals surface area contributed by atoms with Gasteiger partial charge in [-0.25, -0.2) is 9.59 Å². The van der Waals surface area contributed by atoms with Crippen LogP contribution >= 0.6 is 15.9 Å². The van der Waals surface area contributed by atoms with Gasteiger partial charge in [0.15, 0.2) is 0 Å². The molecule has 0 aliphatic heterocycles. The summed E-state index contributed by atoms with van der Waals surface area (Å²) >= 11 is 3.16. The summed E-state index contributed by atoms with van der Waals surface area (Å²) in [5, 5.41) is 18.2. The predicted molar refractivity (Wildman–Crippen MR) is 57.7 cm³/mol. The number of carboxylic acids is 2. The Hall–Kier alpha value is -1.36. The van der Waals surface area contributed by atoms with Crippen LogP contribution in [0.15, 0.2) is 12.1 Å². The molecule has 0 heterocycles. The maximum Gasteiger partial charge on any atom is 0.336 e. The van der Waals surface area contributed by atoms with Crippen molar-refractivity contribution in [2.24, 2.45) is 0 Å². The highest BCUT2D eigenvalue weighted by atomic mass is 79.9. The van der Waals surface area contributed by atoms with Crippen LogP contribution < -0.4 is 0 Å². The lowest BCUT2D eigenvalue weighted by Crippen LogP contribution is -2.09. The minimum Gasteiger partial charge on any atom is -0.478 e. The summed E-state index contributed by atoms with van der Waals surface area (Å²) in [5.41, 5.74) is 0.945. The Kier molecular flexibility index (Phi) is 3.47. The van der Waals surface area contributed by atoms with Crippen LogP contribution in [0.4, 0.5) is 0 Å². The normalized spacial score (nSPS) is 10.0. The number of carboxylic acid groups (broad SMARTS) is 2. The van der Waals surface area contributed by atoms with Gasteiger partial charge in [0.1, 0.15) is 0 Å². The van der Waals surface area contributed by atoms with Crippen molar-refractivity contribution in [2.75, 3.05) is 0 Å². The monoisotopic (exact) mass is 272 g/mol. The maximum atomic E-state index is 11.0. The van der Waals surface area contributed by atoms with Crippen molar-refractivity contribution in [2.45, 2.75) is 12.3 Å². The van der Waals surface area contributed by atoms with Gasteiger partial charge in [-0.15, -0.1) is 0 Å². The number of benzene rings is 1. The predicted octanol–water partition coefficient (Wildman–Crippen LogP) is 2.29. The number of carbonyl (C=O) groups is 2. The summed E-state index contributed by atoms with van der Waals surface area (Å²) in [4.78, 5) is 21.8. The first-order valence-corrected chi connectivity index (χ1v) is 5.26. The Morgan fingerprint density at radius 1 is 1.27 bits per heavy atom. The van der Waals surface area contributed by atoms with E-state index in [-0.39, 0.29) is 16.7 Å². The van der Waals surface area contributed by atoms with Crippen molar-refractivity contribution in [3.05, 3.63) is 34.4 Å². The molecule has 0 saturated carbocycles. The molecule has 1 rings (SSSR count). The van der Waals surface area contributed by atoms with E-state index in [9.17, 15) is 9.59 Å². The van der Waals surface area contributed by atoms with Crippen LogP contribution in [0.3, 0.4) is 0 Å². The Balaban J connectivity index is 3.49. The quantitative estimate of drug-likeness (QED) is 0.828. The van der Waals surface area contributed by atoms with Crippen LogP contribution in [0.5, 0.6) is 0 Å². The maximum absolute atomic E-state index is 11.0. The van der Waals surface area contributed by atoms with E-state index < -0.39 is 11.9 Å². The highest BCUT2D eigenvalue weighted by molar-refractivity contribution is 9.08. The number of alkyl halides is 1. The molecule has 1 aromatic carbocycles. The largest absolute Gasteiger partial charge is 0.478 e. The van der Waals surface area contributed by atoms with E-state index in [0.717, 1.165) is 0 Å². The van der Waals surface area contributed by atoms with E-state index in [1.54, 1.807) is 0 Å². The Morgan fingerprint density at radius 2 is 1.87 bits per heavy atom. The van der Waals surface area contributed by atoms with E-state index in [2.05, 4.69) is 15.9 Å². The molecule has 4 nitrogen and oxygen atoms in total. The van der Waals surface area contributed by atoms with Crippen LogP contribution in [0.2, 0.25) is 0 Å². The average molecular weight is 273 g/mol. The molecule has 0 spiro atoms. The van der Waals surface area contributed by atoms with Gasteiger partial charge in [-0.2, -0.15) is 0 Å². The highest BCUT2D eigenvalue weighted by Gasteiger charge is 2.18. The molecule has 0 saturated heterocycles. The number of aromatic carboxylic acids is 2. The fourth-order valence-corrected chi connectivity index (χ4v) is 1.88. The number of halogens is 1. The van der Waals surface area contributed by atoms with Gasteiger partial charge in [0.2, 0.25) is 0 Å². The van der Waals surface area contributed by atoms with Gasteiger partial charge in [0.25, 0.3) is 0 Å². The molecule has 0 radical (unpaired) electrons. The third-order valence-corrected chi connectivity index (χ3v) is 2.74. The molecule has 0 unspecified atom stereocenters. The van der Waals surface area contributed by atoms with Crippen molar-refractivity contribution >= 4 is 27.9 Å². The topological polar surface area (TPSA) is 74.6 Å². The van der Waals surface area contributed by atoms with Gasteiger partial charge >= 0.3 is 11.9 Å². The zero-order chi connectivity index (χ0) is 11.6. The average Bonchev–Trinajstić information content (AvgIpc) is 2.15. The highest BCUT2D eigenvalue weighted by Crippen LogP contribution is 2.21. The molecule has 0 aliphatic rings. The molecule has 0 fully saturated rings. The van der Waals surface area contributed by atoms with E-state index in [4.69, 9.17) is 10.2 Å². The standard InChI is InChI=1S/C10H9BrO4/c1-5-7(9(12)13)3-2-6(4-11)8(5)10(14)15/h2-3H,4H2,1H3,(H,12,13)(H,14,15). The van der Waals surface area contributed by atoms with Crippen LogP contribution in [-0.4, -0.2) is 22.2 Å². The summed E-state index contributed by atoms with van der Waals surface area (Å²) < 4.78 is 0. The third-order valence-electron chi connectivity index (χ3n) is 2.14. The van der Waals surface area contributed by atoms with Gasteiger partial charge < -0.3 is 10.2 Å². The second-order valence-corrected chi connectivity index (χ2v) is 3.58. The summed E-state index contributed by atoms with van der Waals surface area (Å²) in [5.74, 6) is -2.22. The van der Waals surface area contributed by atoms with Crippen molar-refractivity contribution in [3.63, 3.8) is 0 Å². The minimum atomic E-state index is -1.11. The Morgan fingerprint density at radius 3 is 2.27 bits per heavy atom. The summed E-state index contributed by atoms with van der Waals surface area (Å²) in [6.07, 6.45) is 0. The van der Waals surface area contributed by atoms with Gasteiger partial charge in [0.05, 0.1) is 11.1 Å². The van der Waals surface area contributed by atoms with Crippen molar-refractivity contribution in [1.29, 1.82) is 0 Å². The fraction of sp³-hybridized carbons (Fsp3) is 0.200.